The van der Waals surface area contributed by atoms with Gasteiger partial charge in [-0.2, -0.15) is 0 Å². The van der Waals surface area contributed by atoms with Crippen LogP contribution in [0.5, 0.6) is 0 Å². The molecule has 11 aromatic rings. The molecule has 2 nitrogen and oxygen atoms in total. The highest BCUT2D eigenvalue weighted by Gasteiger charge is 2.44. The van der Waals surface area contributed by atoms with Gasteiger partial charge in [0.15, 0.2) is 8.07 Å². The predicted molar refractivity (Wildman–Crippen MR) is 244 cm³/mol. The minimum absolute atomic E-state index is 1.15. The van der Waals surface area contributed by atoms with Crippen LogP contribution >= 0.6 is 0 Å². The van der Waals surface area contributed by atoms with Crippen LogP contribution in [0.1, 0.15) is 0 Å². The summed E-state index contributed by atoms with van der Waals surface area (Å²) in [5, 5.41) is 10.4. The van der Waals surface area contributed by atoms with Crippen LogP contribution in [0.4, 0.5) is 0 Å². The molecule has 0 radical (unpaired) electrons. The van der Waals surface area contributed by atoms with Crippen LogP contribution in [-0.4, -0.2) is 17.2 Å². The van der Waals surface area contributed by atoms with E-state index in [4.69, 9.17) is 0 Å². The predicted octanol–water partition coefficient (Wildman–Crippen LogP) is 10.9. The van der Waals surface area contributed by atoms with Crippen molar-refractivity contribution in [1.82, 2.24) is 9.13 Å². The molecule has 0 aliphatic rings. The Hall–Kier alpha value is -7.20. The minimum Gasteiger partial charge on any atom is -0.309 e. The third kappa shape index (κ3) is 5.10. The molecule has 2 aromatic heterocycles. The number of fused-ring (bicyclic) bond motifs is 6. The van der Waals surface area contributed by atoms with E-state index < -0.39 is 8.07 Å². The average Bonchev–Trinajstić information content (AvgIpc) is 3.82. The Bertz CT molecular complexity index is 3110. The van der Waals surface area contributed by atoms with Crippen molar-refractivity contribution in [2.24, 2.45) is 0 Å². The van der Waals surface area contributed by atoms with Gasteiger partial charge in [0.2, 0.25) is 0 Å². The number of hydrogen-bond donors (Lipinski definition) is 0. The summed E-state index contributed by atoms with van der Waals surface area (Å²) < 4.78 is 5.03. The first-order valence-corrected chi connectivity index (χ1v) is 21.7. The van der Waals surface area contributed by atoms with Gasteiger partial charge in [-0.1, -0.05) is 188 Å². The Morgan fingerprint density at radius 2 is 0.789 bits per heavy atom. The number of aromatic nitrogens is 2. The van der Waals surface area contributed by atoms with Crippen LogP contribution in [-0.2, 0) is 0 Å². The van der Waals surface area contributed by atoms with Crippen LogP contribution in [0, 0.1) is 0 Å². The molecule has 11 rings (SSSR count). The number of benzene rings is 9. The highest BCUT2D eigenvalue weighted by Crippen LogP contribution is 2.41. The summed E-state index contributed by atoms with van der Waals surface area (Å²) >= 11 is 0. The van der Waals surface area contributed by atoms with Crippen LogP contribution < -0.4 is 20.7 Å². The molecule has 0 atom stereocenters. The van der Waals surface area contributed by atoms with Crippen molar-refractivity contribution < 1.29 is 0 Å². The van der Waals surface area contributed by atoms with E-state index in [2.05, 4.69) is 240 Å². The van der Waals surface area contributed by atoms with Crippen molar-refractivity contribution in [1.29, 1.82) is 0 Å². The molecule has 0 N–H and O–H groups in total. The van der Waals surface area contributed by atoms with E-state index in [1.807, 2.05) is 0 Å². The fraction of sp³-hybridized carbons (Fsp3) is 0. The maximum atomic E-state index is 2.61. The number of para-hydroxylation sites is 3. The number of rotatable bonds is 7. The smallest absolute Gasteiger partial charge is 0.181 e. The van der Waals surface area contributed by atoms with Gasteiger partial charge in [-0.25, -0.2) is 0 Å². The van der Waals surface area contributed by atoms with Gasteiger partial charge in [-0.05, 0) is 74.3 Å². The Kier molecular flexibility index (Phi) is 7.87. The second-order valence-electron chi connectivity index (χ2n) is 14.8. The van der Waals surface area contributed by atoms with E-state index in [1.54, 1.807) is 0 Å². The van der Waals surface area contributed by atoms with Gasteiger partial charge in [-0.15, -0.1) is 0 Å². The number of hydrogen-bond acceptors (Lipinski definition) is 0. The monoisotopic (exact) mass is 742 g/mol. The van der Waals surface area contributed by atoms with Gasteiger partial charge >= 0.3 is 0 Å². The number of nitrogens with zero attached hydrogens (tertiary/aromatic N) is 2. The molecule has 0 bridgehead atoms. The van der Waals surface area contributed by atoms with Crippen molar-refractivity contribution in [3.05, 3.63) is 231 Å². The molecular weight excluding hydrogens is 705 g/mol. The standard InChI is InChI=1S/C54H38N2Si/c1-6-21-39(22-7-1)40-37-47-45-31-16-18-33-48(45)56(51-36-20-35-50-53(51)46-32-17-19-34-49(46)55(50)41-23-8-2-9-24-41)54(47)52(38-40)57(42-25-10-3-11-26-42,43-27-12-4-13-28-43)44-29-14-5-15-30-44/h1-38H. The summed E-state index contributed by atoms with van der Waals surface area (Å²) in [6.45, 7) is 0. The maximum Gasteiger partial charge on any atom is 0.181 e. The van der Waals surface area contributed by atoms with Crippen molar-refractivity contribution >= 4 is 72.4 Å². The Labute approximate surface area is 333 Å². The normalized spacial score (nSPS) is 11.9. The molecule has 0 saturated carbocycles. The van der Waals surface area contributed by atoms with Crippen LogP contribution in [0.3, 0.4) is 0 Å². The molecule has 0 fully saturated rings. The second-order valence-corrected chi connectivity index (χ2v) is 18.6. The van der Waals surface area contributed by atoms with Crippen LogP contribution in [0.2, 0.25) is 0 Å². The minimum atomic E-state index is -3.05. The van der Waals surface area contributed by atoms with E-state index in [1.165, 1.54) is 81.2 Å². The first-order valence-electron chi connectivity index (χ1n) is 19.7. The third-order valence-electron chi connectivity index (χ3n) is 11.8. The van der Waals surface area contributed by atoms with Crippen molar-refractivity contribution in [2.75, 3.05) is 0 Å². The fourth-order valence-corrected chi connectivity index (χ4v) is 14.5. The molecule has 57 heavy (non-hydrogen) atoms. The van der Waals surface area contributed by atoms with E-state index in [-0.39, 0.29) is 0 Å². The lowest BCUT2D eigenvalue weighted by Gasteiger charge is -2.35. The molecule has 2 heterocycles. The third-order valence-corrected chi connectivity index (χ3v) is 16.6. The lowest BCUT2D eigenvalue weighted by atomic mass is 10.0. The summed E-state index contributed by atoms with van der Waals surface area (Å²) in [6.07, 6.45) is 0. The van der Waals surface area contributed by atoms with Crippen molar-refractivity contribution in [2.45, 2.75) is 0 Å². The second kappa shape index (κ2) is 13.5. The van der Waals surface area contributed by atoms with Gasteiger partial charge in [0.25, 0.3) is 0 Å². The van der Waals surface area contributed by atoms with Gasteiger partial charge in [0, 0.05) is 27.2 Å². The molecule has 0 spiro atoms. The lowest BCUT2D eigenvalue weighted by Crippen LogP contribution is -2.75. The van der Waals surface area contributed by atoms with Gasteiger partial charge < -0.3 is 9.13 Å². The van der Waals surface area contributed by atoms with Crippen LogP contribution in [0.15, 0.2) is 231 Å². The zero-order chi connectivity index (χ0) is 37.8. The van der Waals surface area contributed by atoms with Crippen LogP contribution in [0.25, 0.3) is 66.1 Å². The molecule has 0 saturated heterocycles. The summed E-state index contributed by atoms with van der Waals surface area (Å²) in [4.78, 5) is 0. The van der Waals surface area contributed by atoms with E-state index in [0.29, 0.717) is 0 Å². The Morgan fingerprint density at radius 1 is 0.316 bits per heavy atom. The average molecular weight is 743 g/mol. The summed E-state index contributed by atoms with van der Waals surface area (Å²) in [5.74, 6) is 0. The first-order chi connectivity index (χ1) is 28.3. The van der Waals surface area contributed by atoms with Gasteiger partial charge in [0.1, 0.15) is 0 Å². The Balaban J connectivity index is 1.38. The topological polar surface area (TPSA) is 9.86 Å². The van der Waals surface area contributed by atoms with Crippen molar-refractivity contribution in [3.63, 3.8) is 0 Å². The van der Waals surface area contributed by atoms with Gasteiger partial charge in [0.05, 0.1) is 27.8 Å². The van der Waals surface area contributed by atoms with Crippen molar-refractivity contribution in [3.8, 4) is 22.5 Å². The zero-order valence-electron chi connectivity index (χ0n) is 31.3. The SMILES string of the molecule is c1ccc(-c2cc([Si](c3ccccc3)(c3ccccc3)c3ccccc3)c3c(c2)c2ccccc2n3-c2cccc3c2c2ccccc2n3-c2ccccc2)cc1. The lowest BCUT2D eigenvalue weighted by molar-refractivity contribution is 1.17. The zero-order valence-corrected chi connectivity index (χ0v) is 32.3. The molecular formula is C54H38N2Si. The molecule has 268 valence electrons. The van der Waals surface area contributed by atoms with E-state index in [0.717, 1.165) is 5.69 Å². The Morgan fingerprint density at radius 3 is 1.39 bits per heavy atom. The highest BCUT2D eigenvalue weighted by molar-refractivity contribution is 7.20. The summed E-state index contributed by atoms with van der Waals surface area (Å²) in [7, 11) is -3.05. The quantitative estimate of drug-likeness (QED) is 0.114. The highest BCUT2D eigenvalue weighted by atomic mass is 28.3. The molecule has 0 aliphatic heterocycles. The fourth-order valence-electron chi connectivity index (χ4n) is 9.50. The maximum absolute atomic E-state index is 3.05. The van der Waals surface area contributed by atoms with E-state index >= 15 is 0 Å². The largest absolute Gasteiger partial charge is 0.309 e. The van der Waals surface area contributed by atoms with E-state index in [9.17, 15) is 0 Å². The molecule has 0 aliphatic carbocycles. The summed E-state index contributed by atoms with van der Waals surface area (Å²) in [5.41, 5.74) is 9.59. The molecule has 3 heteroatoms. The molecule has 9 aromatic carbocycles. The molecule has 0 amide bonds. The molecule has 0 unspecified atom stereocenters. The van der Waals surface area contributed by atoms with Gasteiger partial charge in [-0.3, -0.25) is 0 Å². The summed E-state index contributed by atoms with van der Waals surface area (Å²) in [6, 6.07) is 85.4. The first kappa shape index (κ1) is 33.2.